The van der Waals surface area contributed by atoms with E-state index in [4.69, 9.17) is 5.10 Å². The van der Waals surface area contributed by atoms with Gasteiger partial charge in [0.05, 0.1) is 5.69 Å². The van der Waals surface area contributed by atoms with Gasteiger partial charge in [0.2, 0.25) is 0 Å². The number of hydrogen-bond acceptors (Lipinski definition) is 5. The fourth-order valence-corrected chi connectivity index (χ4v) is 4.19. The van der Waals surface area contributed by atoms with Crippen LogP contribution in [0, 0.1) is 6.92 Å². The number of hydrogen-bond donors (Lipinski definition) is 1. The molecule has 0 spiro atoms. The predicted molar refractivity (Wildman–Crippen MR) is 141 cm³/mol. The zero-order valence-corrected chi connectivity index (χ0v) is 21.2. The van der Waals surface area contributed by atoms with Crippen LogP contribution in [0.5, 0.6) is 0 Å². The van der Waals surface area contributed by atoms with Crippen LogP contribution in [0.25, 0.3) is 28.3 Å². The molecule has 0 aliphatic heterocycles. The molecule has 0 unspecified atom stereocenters. The van der Waals surface area contributed by atoms with Gasteiger partial charge in [-0.15, -0.1) is 10.2 Å². The van der Waals surface area contributed by atoms with Gasteiger partial charge in [-0.1, -0.05) is 63.6 Å². The summed E-state index contributed by atoms with van der Waals surface area (Å²) in [6.07, 6.45) is 0. The Hall–Kier alpha value is -3.58. The van der Waals surface area contributed by atoms with Gasteiger partial charge in [-0.25, -0.2) is 0 Å². The van der Waals surface area contributed by atoms with E-state index in [1.807, 2.05) is 36.4 Å². The number of benzene rings is 2. The van der Waals surface area contributed by atoms with Crippen LogP contribution in [-0.2, 0) is 0 Å². The average molecular weight is 471 g/mol. The van der Waals surface area contributed by atoms with E-state index in [0.29, 0.717) is 23.6 Å². The Morgan fingerprint density at radius 2 is 1.69 bits per heavy atom. The van der Waals surface area contributed by atoms with Gasteiger partial charge >= 0.3 is 0 Å². The Kier molecular flexibility index (Phi) is 7.56. The van der Waals surface area contributed by atoms with Gasteiger partial charge in [0.15, 0.2) is 11.5 Å². The van der Waals surface area contributed by atoms with Crippen molar-refractivity contribution >= 4 is 11.6 Å². The molecular formula is C28H34N6O. The van der Waals surface area contributed by atoms with Crippen molar-refractivity contribution < 1.29 is 4.79 Å². The SMILES string of the molecule is CCN(CC)CCNC(=O)c1ccc(-c2ccc3nnc(-c4ccc(C)cc4)n3n2)cc1C(C)C. The largest absolute Gasteiger partial charge is 0.351 e. The van der Waals surface area contributed by atoms with Gasteiger partial charge in [0.25, 0.3) is 5.91 Å². The fourth-order valence-electron chi connectivity index (χ4n) is 4.19. The lowest BCUT2D eigenvalue weighted by Crippen LogP contribution is -2.35. The van der Waals surface area contributed by atoms with Crippen molar-refractivity contribution in [2.45, 2.75) is 40.5 Å². The van der Waals surface area contributed by atoms with Crippen molar-refractivity contribution in [1.82, 2.24) is 30.0 Å². The second-order valence-electron chi connectivity index (χ2n) is 9.12. The second-order valence-corrected chi connectivity index (χ2v) is 9.12. The number of nitrogens with zero attached hydrogens (tertiary/aromatic N) is 5. The molecule has 4 aromatic rings. The summed E-state index contributed by atoms with van der Waals surface area (Å²) in [5.41, 5.74) is 6.33. The third-order valence-corrected chi connectivity index (χ3v) is 6.39. The van der Waals surface area contributed by atoms with E-state index in [2.05, 4.69) is 73.2 Å². The maximum absolute atomic E-state index is 13.0. The van der Waals surface area contributed by atoms with Crippen molar-refractivity contribution in [1.29, 1.82) is 0 Å². The van der Waals surface area contributed by atoms with Gasteiger partial charge in [-0.05, 0) is 55.8 Å². The van der Waals surface area contributed by atoms with E-state index in [9.17, 15) is 4.79 Å². The Labute approximate surface area is 207 Å². The topological polar surface area (TPSA) is 75.4 Å². The summed E-state index contributed by atoms with van der Waals surface area (Å²) in [6.45, 7) is 14.0. The molecule has 1 amide bonds. The summed E-state index contributed by atoms with van der Waals surface area (Å²) in [4.78, 5) is 15.3. The number of fused-ring (bicyclic) bond motifs is 1. The molecule has 0 fully saturated rings. The zero-order valence-electron chi connectivity index (χ0n) is 21.2. The monoisotopic (exact) mass is 470 g/mol. The number of likely N-dealkylation sites (N-methyl/N-ethyl adjacent to an activating group) is 1. The van der Waals surface area contributed by atoms with E-state index < -0.39 is 0 Å². The molecule has 0 saturated heterocycles. The molecule has 7 nitrogen and oxygen atoms in total. The molecule has 2 heterocycles. The number of rotatable bonds is 9. The Morgan fingerprint density at radius 3 is 2.37 bits per heavy atom. The molecule has 0 bridgehead atoms. The highest BCUT2D eigenvalue weighted by Gasteiger charge is 2.17. The Balaban J connectivity index is 1.63. The van der Waals surface area contributed by atoms with E-state index in [1.165, 1.54) is 5.56 Å². The van der Waals surface area contributed by atoms with E-state index >= 15 is 0 Å². The Bertz CT molecular complexity index is 1310. The van der Waals surface area contributed by atoms with Crippen molar-refractivity contribution in [3.8, 4) is 22.6 Å². The third-order valence-electron chi connectivity index (χ3n) is 6.39. The van der Waals surface area contributed by atoms with Gasteiger partial charge in [0.1, 0.15) is 0 Å². The first-order valence-electron chi connectivity index (χ1n) is 12.4. The lowest BCUT2D eigenvalue weighted by Gasteiger charge is -2.19. The van der Waals surface area contributed by atoms with Crippen LogP contribution in [0.3, 0.4) is 0 Å². The highest BCUT2D eigenvalue weighted by molar-refractivity contribution is 5.96. The molecule has 182 valence electrons. The number of carbonyl (C=O) groups is 1. The van der Waals surface area contributed by atoms with Gasteiger partial charge < -0.3 is 10.2 Å². The van der Waals surface area contributed by atoms with Gasteiger partial charge in [0, 0.05) is 29.8 Å². The van der Waals surface area contributed by atoms with Crippen LogP contribution < -0.4 is 5.32 Å². The zero-order chi connectivity index (χ0) is 24.9. The quantitative estimate of drug-likeness (QED) is 0.374. The molecule has 1 N–H and O–H groups in total. The Morgan fingerprint density at radius 1 is 0.971 bits per heavy atom. The molecule has 0 radical (unpaired) electrons. The fraction of sp³-hybridized carbons (Fsp3) is 0.357. The highest BCUT2D eigenvalue weighted by atomic mass is 16.1. The minimum absolute atomic E-state index is 0.0312. The molecular weight excluding hydrogens is 436 g/mol. The number of aryl methyl sites for hydroxylation is 1. The summed E-state index contributed by atoms with van der Waals surface area (Å²) in [7, 11) is 0. The maximum atomic E-state index is 13.0. The van der Waals surface area contributed by atoms with Crippen LogP contribution >= 0.6 is 0 Å². The molecule has 0 aliphatic carbocycles. The van der Waals surface area contributed by atoms with Crippen molar-refractivity contribution in [3.63, 3.8) is 0 Å². The lowest BCUT2D eigenvalue weighted by atomic mass is 9.93. The lowest BCUT2D eigenvalue weighted by molar-refractivity contribution is 0.0947. The third kappa shape index (κ3) is 5.41. The number of aromatic nitrogens is 4. The van der Waals surface area contributed by atoms with E-state index in [0.717, 1.165) is 42.0 Å². The minimum Gasteiger partial charge on any atom is -0.351 e. The minimum atomic E-state index is -0.0312. The summed E-state index contributed by atoms with van der Waals surface area (Å²) in [6, 6.07) is 18.0. The van der Waals surface area contributed by atoms with Crippen LogP contribution in [0.1, 0.15) is 55.1 Å². The van der Waals surface area contributed by atoms with Crippen molar-refractivity contribution in [2.24, 2.45) is 0 Å². The average Bonchev–Trinajstić information content (AvgIpc) is 3.30. The number of nitrogens with one attached hydrogen (secondary N) is 1. The second kappa shape index (κ2) is 10.8. The standard InChI is InChI=1S/C28H34N6O/c1-6-33(7-2)17-16-29-28(35)23-13-12-22(18-24(23)19(3)4)25-14-15-26-30-31-27(34(26)32-25)21-10-8-20(5)9-11-21/h8-15,18-19H,6-7,16-17H2,1-5H3,(H,29,35). The molecule has 0 aliphatic rings. The van der Waals surface area contributed by atoms with Crippen LogP contribution in [-0.4, -0.2) is 56.8 Å². The van der Waals surface area contributed by atoms with Gasteiger partial charge in [-0.3, -0.25) is 4.79 Å². The smallest absolute Gasteiger partial charge is 0.251 e. The first kappa shape index (κ1) is 24.5. The van der Waals surface area contributed by atoms with E-state index in [-0.39, 0.29) is 11.8 Å². The molecule has 0 atom stereocenters. The first-order chi connectivity index (χ1) is 16.9. The van der Waals surface area contributed by atoms with Gasteiger partial charge in [-0.2, -0.15) is 9.61 Å². The maximum Gasteiger partial charge on any atom is 0.251 e. The molecule has 2 aromatic heterocycles. The van der Waals surface area contributed by atoms with Crippen LogP contribution in [0.15, 0.2) is 54.6 Å². The van der Waals surface area contributed by atoms with E-state index in [1.54, 1.807) is 4.52 Å². The molecule has 7 heteroatoms. The molecule has 0 saturated carbocycles. The summed E-state index contributed by atoms with van der Waals surface area (Å²) in [5, 5.41) is 16.6. The predicted octanol–water partition coefficient (Wildman–Crippen LogP) is 4.96. The summed E-state index contributed by atoms with van der Waals surface area (Å²) in [5.74, 6) is 0.867. The van der Waals surface area contributed by atoms with Crippen LogP contribution in [0.4, 0.5) is 0 Å². The number of amides is 1. The van der Waals surface area contributed by atoms with Crippen molar-refractivity contribution in [3.05, 3.63) is 71.3 Å². The summed E-state index contributed by atoms with van der Waals surface area (Å²) >= 11 is 0. The molecule has 35 heavy (non-hydrogen) atoms. The number of carbonyl (C=O) groups excluding carboxylic acids is 1. The first-order valence-corrected chi connectivity index (χ1v) is 12.4. The van der Waals surface area contributed by atoms with Crippen molar-refractivity contribution in [2.75, 3.05) is 26.2 Å². The highest BCUT2D eigenvalue weighted by Crippen LogP contribution is 2.27. The molecule has 2 aromatic carbocycles. The summed E-state index contributed by atoms with van der Waals surface area (Å²) < 4.78 is 1.78. The normalized spacial score (nSPS) is 11.5. The van der Waals surface area contributed by atoms with Crippen LogP contribution in [0.2, 0.25) is 0 Å². The molecule has 4 rings (SSSR count).